The molecule has 1 amide bonds. The van der Waals surface area contributed by atoms with Crippen molar-refractivity contribution in [2.24, 2.45) is 0 Å². The molecule has 0 aliphatic carbocycles. The SMILES string of the molecule is CC(C)(C)c1cc(NC(=O)C2CCCN2O)no1. The highest BCUT2D eigenvalue weighted by atomic mass is 16.5. The van der Waals surface area contributed by atoms with Gasteiger partial charge in [0.2, 0.25) is 5.91 Å². The van der Waals surface area contributed by atoms with Crippen molar-refractivity contribution in [3.8, 4) is 0 Å². The third-order valence-electron chi connectivity index (χ3n) is 3.03. The van der Waals surface area contributed by atoms with E-state index >= 15 is 0 Å². The number of aromatic nitrogens is 1. The van der Waals surface area contributed by atoms with Gasteiger partial charge >= 0.3 is 0 Å². The zero-order valence-corrected chi connectivity index (χ0v) is 10.9. The first-order chi connectivity index (χ1) is 8.38. The average molecular weight is 253 g/mol. The first-order valence-corrected chi connectivity index (χ1v) is 6.11. The molecular formula is C12H19N3O3. The van der Waals surface area contributed by atoms with E-state index in [1.165, 1.54) is 0 Å². The van der Waals surface area contributed by atoms with E-state index in [1.807, 2.05) is 20.8 Å². The normalized spacial score (nSPS) is 21.2. The van der Waals surface area contributed by atoms with Crippen LogP contribution >= 0.6 is 0 Å². The van der Waals surface area contributed by atoms with Gasteiger partial charge in [0.25, 0.3) is 0 Å². The Morgan fingerprint density at radius 1 is 1.61 bits per heavy atom. The third-order valence-corrected chi connectivity index (χ3v) is 3.03. The predicted molar refractivity (Wildman–Crippen MR) is 65.3 cm³/mol. The molecule has 1 aromatic heterocycles. The quantitative estimate of drug-likeness (QED) is 0.839. The summed E-state index contributed by atoms with van der Waals surface area (Å²) in [6, 6.07) is 1.23. The van der Waals surface area contributed by atoms with Gasteiger partial charge in [0, 0.05) is 18.0 Å². The number of nitrogens with one attached hydrogen (secondary N) is 1. The zero-order valence-electron chi connectivity index (χ0n) is 10.9. The number of hydrogen-bond donors (Lipinski definition) is 2. The van der Waals surface area contributed by atoms with Crippen molar-refractivity contribution in [2.45, 2.75) is 45.1 Å². The second-order valence-corrected chi connectivity index (χ2v) is 5.64. The van der Waals surface area contributed by atoms with E-state index in [-0.39, 0.29) is 11.3 Å². The molecule has 1 fully saturated rings. The minimum absolute atomic E-state index is 0.146. The molecule has 100 valence electrons. The molecule has 0 bridgehead atoms. The molecule has 2 N–H and O–H groups in total. The van der Waals surface area contributed by atoms with Gasteiger partial charge in [-0.2, -0.15) is 5.06 Å². The molecule has 0 aromatic carbocycles. The Morgan fingerprint density at radius 3 is 2.83 bits per heavy atom. The Bertz CT molecular complexity index is 436. The number of amides is 1. The molecule has 0 saturated carbocycles. The molecule has 0 spiro atoms. The van der Waals surface area contributed by atoms with E-state index < -0.39 is 6.04 Å². The molecule has 1 aromatic rings. The molecule has 1 aliphatic rings. The molecule has 1 saturated heterocycles. The largest absolute Gasteiger partial charge is 0.359 e. The minimum Gasteiger partial charge on any atom is -0.359 e. The summed E-state index contributed by atoms with van der Waals surface area (Å²) in [5, 5.41) is 17.0. The summed E-state index contributed by atoms with van der Waals surface area (Å²) in [6.45, 7) is 6.55. The summed E-state index contributed by atoms with van der Waals surface area (Å²) in [4.78, 5) is 11.9. The maximum absolute atomic E-state index is 11.9. The smallest absolute Gasteiger partial charge is 0.245 e. The van der Waals surface area contributed by atoms with Crippen LogP contribution in [0, 0.1) is 0 Å². The number of nitrogens with zero attached hydrogens (tertiary/aromatic N) is 2. The molecule has 18 heavy (non-hydrogen) atoms. The van der Waals surface area contributed by atoms with Crippen LogP contribution < -0.4 is 5.32 Å². The number of hydrogen-bond acceptors (Lipinski definition) is 5. The summed E-state index contributed by atoms with van der Waals surface area (Å²) in [5.41, 5.74) is -0.146. The van der Waals surface area contributed by atoms with Crippen molar-refractivity contribution in [2.75, 3.05) is 11.9 Å². The van der Waals surface area contributed by atoms with Gasteiger partial charge in [-0.1, -0.05) is 25.9 Å². The fourth-order valence-corrected chi connectivity index (χ4v) is 1.92. The Hall–Kier alpha value is -1.40. The summed E-state index contributed by atoms with van der Waals surface area (Å²) < 4.78 is 5.18. The average Bonchev–Trinajstić information content (AvgIpc) is 2.85. The highest BCUT2D eigenvalue weighted by molar-refractivity contribution is 5.94. The fraction of sp³-hybridized carbons (Fsp3) is 0.667. The van der Waals surface area contributed by atoms with E-state index in [4.69, 9.17) is 4.52 Å². The van der Waals surface area contributed by atoms with Crippen LogP contribution in [0.1, 0.15) is 39.4 Å². The molecule has 1 unspecified atom stereocenters. The highest BCUT2D eigenvalue weighted by Gasteiger charge is 2.30. The van der Waals surface area contributed by atoms with Crippen LogP contribution in [0.5, 0.6) is 0 Å². The first-order valence-electron chi connectivity index (χ1n) is 6.11. The van der Waals surface area contributed by atoms with Gasteiger partial charge in [0.05, 0.1) is 0 Å². The van der Waals surface area contributed by atoms with Crippen molar-refractivity contribution in [1.82, 2.24) is 10.2 Å². The van der Waals surface area contributed by atoms with E-state index in [0.717, 1.165) is 11.5 Å². The van der Waals surface area contributed by atoms with E-state index in [0.29, 0.717) is 24.5 Å². The number of carbonyl (C=O) groups excluding carboxylic acids is 1. The second-order valence-electron chi connectivity index (χ2n) is 5.64. The Morgan fingerprint density at radius 2 is 2.33 bits per heavy atom. The molecule has 0 radical (unpaired) electrons. The van der Waals surface area contributed by atoms with Crippen LogP contribution in [0.15, 0.2) is 10.6 Å². The second kappa shape index (κ2) is 4.70. The third kappa shape index (κ3) is 2.70. The van der Waals surface area contributed by atoms with Gasteiger partial charge in [-0.05, 0) is 12.8 Å². The molecule has 2 rings (SSSR count). The van der Waals surface area contributed by atoms with Crippen molar-refractivity contribution in [1.29, 1.82) is 0 Å². The monoisotopic (exact) mass is 253 g/mol. The van der Waals surface area contributed by atoms with Crippen LogP contribution in [-0.4, -0.2) is 33.9 Å². The Balaban J connectivity index is 2.01. The van der Waals surface area contributed by atoms with Gasteiger partial charge in [-0.25, -0.2) is 0 Å². The standard InChI is InChI=1S/C12H19N3O3/c1-12(2,3)9-7-10(14-18-9)13-11(16)8-5-4-6-15(8)17/h7-8,17H,4-6H2,1-3H3,(H,13,14,16). The molecular weight excluding hydrogens is 234 g/mol. The van der Waals surface area contributed by atoms with Gasteiger partial charge in [-0.3, -0.25) is 4.79 Å². The lowest BCUT2D eigenvalue weighted by atomic mass is 9.93. The molecule has 6 nitrogen and oxygen atoms in total. The van der Waals surface area contributed by atoms with Crippen molar-refractivity contribution in [3.63, 3.8) is 0 Å². The number of rotatable bonds is 2. The number of hydroxylamine groups is 2. The maximum Gasteiger partial charge on any atom is 0.245 e. The van der Waals surface area contributed by atoms with Gasteiger partial charge in [0.15, 0.2) is 5.82 Å². The number of anilines is 1. The fourth-order valence-electron chi connectivity index (χ4n) is 1.92. The van der Waals surface area contributed by atoms with E-state index in [2.05, 4.69) is 10.5 Å². The summed E-state index contributed by atoms with van der Waals surface area (Å²) >= 11 is 0. The van der Waals surface area contributed by atoms with Crippen molar-refractivity contribution < 1.29 is 14.5 Å². The van der Waals surface area contributed by atoms with Crippen molar-refractivity contribution >= 4 is 11.7 Å². The van der Waals surface area contributed by atoms with Crippen molar-refractivity contribution in [3.05, 3.63) is 11.8 Å². The van der Waals surface area contributed by atoms with Crippen LogP contribution in [0.3, 0.4) is 0 Å². The lowest BCUT2D eigenvalue weighted by molar-refractivity contribution is -0.140. The molecule has 2 heterocycles. The van der Waals surface area contributed by atoms with Gasteiger partial charge in [-0.15, -0.1) is 0 Å². The van der Waals surface area contributed by atoms with Crippen LogP contribution in [0.4, 0.5) is 5.82 Å². The molecule has 1 atom stereocenters. The van der Waals surface area contributed by atoms with Crippen LogP contribution in [-0.2, 0) is 10.2 Å². The predicted octanol–water partition coefficient (Wildman–Crippen LogP) is 1.76. The lowest BCUT2D eigenvalue weighted by Gasteiger charge is -2.15. The Kier molecular flexibility index (Phi) is 3.41. The van der Waals surface area contributed by atoms with E-state index in [9.17, 15) is 10.0 Å². The lowest BCUT2D eigenvalue weighted by Crippen LogP contribution is -2.37. The van der Waals surface area contributed by atoms with Gasteiger partial charge in [0.1, 0.15) is 11.8 Å². The molecule has 6 heteroatoms. The zero-order chi connectivity index (χ0) is 13.3. The highest BCUT2D eigenvalue weighted by Crippen LogP contribution is 2.25. The van der Waals surface area contributed by atoms with E-state index in [1.54, 1.807) is 6.07 Å². The number of carbonyl (C=O) groups is 1. The molecule has 1 aliphatic heterocycles. The first kappa shape index (κ1) is 13.0. The van der Waals surface area contributed by atoms with Gasteiger partial charge < -0.3 is 15.0 Å². The maximum atomic E-state index is 11.9. The Labute approximate surface area is 106 Å². The minimum atomic E-state index is -0.486. The summed E-state index contributed by atoms with van der Waals surface area (Å²) in [7, 11) is 0. The summed E-state index contributed by atoms with van der Waals surface area (Å²) in [6.07, 6.45) is 1.48. The summed E-state index contributed by atoms with van der Waals surface area (Å²) in [5.74, 6) is 0.860. The van der Waals surface area contributed by atoms with Crippen LogP contribution in [0.2, 0.25) is 0 Å². The topological polar surface area (TPSA) is 78.6 Å². The van der Waals surface area contributed by atoms with Crippen LogP contribution in [0.25, 0.3) is 0 Å².